The number of halogens is 3. The van der Waals surface area contributed by atoms with E-state index < -0.39 is 0 Å². The predicted molar refractivity (Wildman–Crippen MR) is 100 cm³/mol. The van der Waals surface area contributed by atoms with E-state index in [1.165, 1.54) is 12.1 Å². The zero-order valence-corrected chi connectivity index (χ0v) is 15.7. The molecule has 4 nitrogen and oxygen atoms in total. The van der Waals surface area contributed by atoms with Crippen LogP contribution in [0.1, 0.15) is 11.1 Å². The lowest BCUT2D eigenvalue weighted by Crippen LogP contribution is -2.23. The van der Waals surface area contributed by atoms with Crippen molar-refractivity contribution in [1.29, 1.82) is 0 Å². The molecule has 120 valence electrons. The Morgan fingerprint density at radius 3 is 2.43 bits per heavy atom. The van der Waals surface area contributed by atoms with Crippen molar-refractivity contribution in [3.05, 3.63) is 62.3 Å². The van der Waals surface area contributed by atoms with Gasteiger partial charge in [-0.1, -0.05) is 12.1 Å². The minimum atomic E-state index is -0.273. The van der Waals surface area contributed by atoms with Crippen molar-refractivity contribution in [2.75, 3.05) is 0 Å². The molecule has 3 N–H and O–H groups in total. The number of rotatable bonds is 5. The van der Waals surface area contributed by atoms with Gasteiger partial charge in [0, 0.05) is 0 Å². The molecule has 2 rings (SSSR count). The molecule has 0 unspecified atom stereocenters. The molecule has 0 amide bonds. The Balaban J connectivity index is 2.09. The lowest BCUT2D eigenvalue weighted by Gasteiger charge is -2.11. The summed E-state index contributed by atoms with van der Waals surface area (Å²) in [7, 11) is 0. The minimum Gasteiger partial charge on any atom is -0.487 e. The van der Waals surface area contributed by atoms with Gasteiger partial charge in [-0.3, -0.25) is 5.43 Å². The lowest BCUT2D eigenvalue weighted by molar-refractivity contribution is 0.302. The molecule has 8 heteroatoms. The maximum absolute atomic E-state index is 12.9. The van der Waals surface area contributed by atoms with Gasteiger partial charge >= 0.3 is 0 Å². The number of benzene rings is 2. The molecule has 0 saturated carbocycles. The summed E-state index contributed by atoms with van der Waals surface area (Å²) in [5.41, 5.74) is 9.47. The second-order valence-corrected chi connectivity index (χ2v) is 6.61. The zero-order chi connectivity index (χ0) is 16.8. The number of nitrogens with one attached hydrogen (secondary N) is 1. The van der Waals surface area contributed by atoms with Crippen LogP contribution in [-0.2, 0) is 6.61 Å². The van der Waals surface area contributed by atoms with Crippen LogP contribution in [0.5, 0.6) is 5.75 Å². The Hall–Kier alpha value is -1.51. The van der Waals surface area contributed by atoms with E-state index >= 15 is 0 Å². The number of hydrazone groups is 1. The van der Waals surface area contributed by atoms with Crippen LogP contribution in [0, 0.1) is 5.82 Å². The molecule has 0 aromatic heterocycles. The van der Waals surface area contributed by atoms with Crippen molar-refractivity contribution in [2.24, 2.45) is 10.8 Å². The van der Waals surface area contributed by atoms with Crippen LogP contribution in [0.25, 0.3) is 0 Å². The van der Waals surface area contributed by atoms with Gasteiger partial charge in [-0.15, -0.1) is 0 Å². The number of hydrogen-bond acceptors (Lipinski definition) is 3. The van der Waals surface area contributed by atoms with E-state index in [1.54, 1.807) is 18.3 Å². The van der Waals surface area contributed by atoms with Crippen LogP contribution < -0.4 is 15.9 Å². The van der Waals surface area contributed by atoms with Crippen LogP contribution in [0.2, 0.25) is 0 Å². The lowest BCUT2D eigenvalue weighted by atomic mass is 10.2. The average Bonchev–Trinajstić information content (AvgIpc) is 2.48. The van der Waals surface area contributed by atoms with Gasteiger partial charge in [0.1, 0.15) is 18.2 Å². The van der Waals surface area contributed by atoms with Gasteiger partial charge in [0.25, 0.3) is 0 Å². The zero-order valence-electron chi connectivity index (χ0n) is 11.7. The first-order valence-corrected chi connectivity index (χ1v) is 8.40. The molecule has 0 heterocycles. The van der Waals surface area contributed by atoms with Crippen LogP contribution >= 0.6 is 44.1 Å². The van der Waals surface area contributed by atoms with Gasteiger partial charge in [-0.25, -0.2) is 4.39 Å². The molecule has 0 fully saturated rings. The van der Waals surface area contributed by atoms with Crippen LogP contribution in [0.4, 0.5) is 4.39 Å². The van der Waals surface area contributed by atoms with E-state index in [-0.39, 0.29) is 10.9 Å². The highest BCUT2D eigenvalue weighted by molar-refractivity contribution is 9.11. The Morgan fingerprint density at radius 1 is 1.26 bits per heavy atom. The molecule has 0 bridgehead atoms. The standard InChI is InChI=1S/C15H12Br2FN3OS/c16-12-5-10(7-20-21-15(19)23)6-13(17)14(12)22-8-9-1-3-11(18)4-2-9/h1-7H,8H2,(H3,19,21,23)/b20-7-. The highest BCUT2D eigenvalue weighted by Crippen LogP contribution is 2.35. The molecule has 0 spiro atoms. The van der Waals surface area contributed by atoms with E-state index in [2.05, 4.69) is 54.6 Å². The van der Waals surface area contributed by atoms with Crippen molar-refractivity contribution in [3.63, 3.8) is 0 Å². The van der Waals surface area contributed by atoms with Crippen molar-refractivity contribution in [2.45, 2.75) is 6.61 Å². The molecule has 2 aromatic carbocycles. The molecular weight excluding hydrogens is 449 g/mol. The molecule has 0 aliphatic heterocycles. The van der Waals surface area contributed by atoms with Crippen molar-refractivity contribution < 1.29 is 9.13 Å². The normalized spacial score (nSPS) is 10.7. The molecule has 0 atom stereocenters. The van der Waals surface area contributed by atoms with Crippen molar-refractivity contribution >= 4 is 55.4 Å². The summed E-state index contributed by atoms with van der Waals surface area (Å²) in [5, 5.41) is 3.99. The third kappa shape index (κ3) is 5.56. The monoisotopic (exact) mass is 459 g/mol. The Morgan fingerprint density at radius 2 is 1.87 bits per heavy atom. The summed E-state index contributed by atoms with van der Waals surface area (Å²) in [6.45, 7) is 0.327. The Kier molecular flexibility index (Phi) is 6.49. The summed E-state index contributed by atoms with van der Waals surface area (Å²) >= 11 is 11.6. The number of nitrogens with zero attached hydrogens (tertiary/aromatic N) is 1. The molecule has 0 saturated heterocycles. The fourth-order valence-corrected chi connectivity index (χ4v) is 3.20. The number of ether oxygens (including phenoxy) is 1. The average molecular weight is 461 g/mol. The van der Waals surface area contributed by atoms with Gasteiger partial charge in [-0.2, -0.15) is 5.10 Å². The second-order valence-electron chi connectivity index (χ2n) is 4.46. The van der Waals surface area contributed by atoms with Gasteiger partial charge in [-0.05, 0) is 79.5 Å². The molecule has 0 aliphatic carbocycles. The Bertz CT molecular complexity index is 715. The first-order chi connectivity index (χ1) is 11.0. The quantitative estimate of drug-likeness (QED) is 0.400. The SMILES string of the molecule is NC(=S)N/N=C\c1cc(Br)c(OCc2ccc(F)cc2)c(Br)c1. The minimum absolute atomic E-state index is 0.0960. The first kappa shape index (κ1) is 17.8. The van der Waals surface area contributed by atoms with Crippen molar-refractivity contribution in [3.8, 4) is 5.75 Å². The fourth-order valence-electron chi connectivity index (χ4n) is 1.70. The van der Waals surface area contributed by atoms with Crippen molar-refractivity contribution in [1.82, 2.24) is 5.43 Å². The maximum Gasteiger partial charge on any atom is 0.184 e. The van der Waals surface area contributed by atoms with Crippen LogP contribution in [0.15, 0.2) is 50.4 Å². The number of thiocarbonyl (C=S) groups is 1. The number of nitrogens with two attached hydrogens (primary N) is 1. The highest BCUT2D eigenvalue weighted by atomic mass is 79.9. The van der Waals surface area contributed by atoms with Gasteiger partial charge < -0.3 is 10.5 Å². The molecular formula is C15H12Br2FN3OS. The first-order valence-electron chi connectivity index (χ1n) is 6.40. The summed E-state index contributed by atoms with van der Waals surface area (Å²) in [6.07, 6.45) is 1.58. The Labute approximate surface area is 155 Å². The van der Waals surface area contributed by atoms with E-state index in [0.29, 0.717) is 12.4 Å². The van der Waals surface area contributed by atoms with Crippen LogP contribution in [0.3, 0.4) is 0 Å². The topological polar surface area (TPSA) is 59.6 Å². The summed E-state index contributed by atoms with van der Waals surface area (Å²) < 4.78 is 20.2. The maximum atomic E-state index is 12.9. The largest absolute Gasteiger partial charge is 0.487 e. The predicted octanol–water partition coefficient (Wildman–Crippen LogP) is 4.10. The van der Waals surface area contributed by atoms with E-state index in [0.717, 1.165) is 20.1 Å². The molecule has 0 aliphatic rings. The summed E-state index contributed by atoms with van der Waals surface area (Å²) in [6, 6.07) is 9.85. The van der Waals surface area contributed by atoms with E-state index in [1.807, 2.05) is 12.1 Å². The fraction of sp³-hybridized carbons (Fsp3) is 0.0667. The summed E-state index contributed by atoms with van der Waals surface area (Å²) in [4.78, 5) is 0. The van der Waals surface area contributed by atoms with Gasteiger partial charge in [0.15, 0.2) is 5.11 Å². The second kappa shape index (κ2) is 8.37. The third-order valence-corrected chi connectivity index (χ3v) is 3.97. The number of hydrogen-bond donors (Lipinski definition) is 2. The van der Waals surface area contributed by atoms with Gasteiger partial charge in [0.2, 0.25) is 0 Å². The molecule has 0 radical (unpaired) electrons. The van der Waals surface area contributed by atoms with E-state index in [9.17, 15) is 4.39 Å². The van der Waals surface area contributed by atoms with Gasteiger partial charge in [0.05, 0.1) is 15.2 Å². The summed E-state index contributed by atoms with van der Waals surface area (Å²) in [5.74, 6) is 0.374. The molecule has 23 heavy (non-hydrogen) atoms. The smallest absolute Gasteiger partial charge is 0.184 e. The third-order valence-electron chi connectivity index (χ3n) is 2.71. The highest BCUT2D eigenvalue weighted by Gasteiger charge is 2.09. The van der Waals surface area contributed by atoms with E-state index in [4.69, 9.17) is 10.5 Å². The molecule has 2 aromatic rings. The van der Waals surface area contributed by atoms with Crippen LogP contribution in [-0.4, -0.2) is 11.3 Å².